The number of nitriles is 1. The number of carboxylic acid groups (broad SMARTS) is 4. The van der Waals surface area contributed by atoms with Crippen LogP contribution in [0.25, 0.3) is 38.3 Å². The molecule has 0 saturated carbocycles. The Balaban J connectivity index is 1.21. The fourth-order valence-electron chi connectivity index (χ4n) is 7.75. The lowest BCUT2D eigenvalue weighted by molar-refractivity contribution is -0.150. The minimum absolute atomic E-state index is 0.0585. The zero-order chi connectivity index (χ0) is 50.0. The number of carbonyl (C=O) groups is 7. The van der Waals surface area contributed by atoms with Crippen LogP contribution in [0.4, 0.5) is 5.69 Å². The Morgan fingerprint density at radius 1 is 0.696 bits per heavy atom. The number of hydrogen-bond acceptors (Lipinski definition) is 11. The van der Waals surface area contributed by atoms with Gasteiger partial charge >= 0.3 is 23.9 Å². The Bertz CT molecular complexity index is 2740. The highest BCUT2D eigenvalue weighted by atomic mass is 32.1. The van der Waals surface area contributed by atoms with E-state index in [1.54, 1.807) is 6.08 Å². The smallest absolute Gasteiger partial charge is 0.323 e. The molecule has 5 rings (SSSR count). The summed E-state index contributed by atoms with van der Waals surface area (Å²) < 4.78 is 14.0. The van der Waals surface area contributed by atoms with Crippen molar-refractivity contribution in [3.05, 3.63) is 82.7 Å². The molecule has 0 saturated heterocycles. The number of ether oxygens (including phenoxy) is 2. The van der Waals surface area contributed by atoms with E-state index in [9.17, 15) is 49.0 Å². The maximum Gasteiger partial charge on any atom is 0.323 e. The number of hydrogen-bond donors (Lipinski definition) is 5. The van der Waals surface area contributed by atoms with Crippen LogP contribution in [-0.2, 0) is 40.1 Å². The molecule has 5 N–H and O–H groups in total. The summed E-state index contributed by atoms with van der Waals surface area (Å²) in [6.45, 7) is 1.31. The largest absolute Gasteiger partial charge is 0.490 e. The molecule has 0 aliphatic carbocycles. The number of anilines is 1. The second-order valence-electron chi connectivity index (χ2n) is 16.2. The molecule has 0 atom stereocenters. The van der Waals surface area contributed by atoms with Gasteiger partial charge in [-0.05, 0) is 80.3 Å². The molecule has 2 heterocycles. The molecule has 18 nitrogen and oxygen atoms in total. The van der Waals surface area contributed by atoms with Crippen LogP contribution in [0.1, 0.15) is 75.2 Å². The van der Waals surface area contributed by atoms with Gasteiger partial charge in [-0.2, -0.15) is 5.26 Å². The van der Waals surface area contributed by atoms with Gasteiger partial charge in [0.15, 0.2) is 18.1 Å². The number of carbonyl (C=O) groups excluding carboxylic acids is 3. The number of unbranched alkanes of at least 4 members (excludes halogenated alkanes) is 7. The molecule has 19 heteroatoms. The van der Waals surface area contributed by atoms with E-state index in [-0.39, 0.29) is 35.8 Å². The molecule has 2 aromatic heterocycles. The van der Waals surface area contributed by atoms with Crippen LogP contribution in [0.2, 0.25) is 0 Å². The molecule has 364 valence electrons. The summed E-state index contributed by atoms with van der Waals surface area (Å²) in [5, 5.41) is 51.5. The molecule has 0 fully saturated rings. The number of amides is 3. The van der Waals surface area contributed by atoms with Crippen LogP contribution in [0.3, 0.4) is 0 Å². The van der Waals surface area contributed by atoms with Gasteiger partial charge in [0.2, 0.25) is 5.91 Å². The number of fused-ring (bicyclic) bond motifs is 3. The zero-order valence-electron chi connectivity index (χ0n) is 38.4. The van der Waals surface area contributed by atoms with Crippen molar-refractivity contribution in [2.75, 3.05) is 44.7 Å². The summed E-state index contributed by atoms with van der Waals surface area (Å²) in [5.74, 6) is -7.28. The third-order valence-electron chi connectivity index (χ3n) is 11.1. The average Bonchev–Trinajstić information content (AvgIpc) is 3.84. The lowest BCUT2D eigenvalue weighted by Crippen LogP contribution is -2.41. The van der Waals surface area contributed by atoms with Crippen molar-refractivity contribution >= 4 is 86.5 Å². The minimum Gasteiger partial charge on any atom is -0.490 e. The fourth-order valence-corrected chi connectivity index (χ4v) is 8.87. The van der Waals surface area contributed by atoms with E-state index in [0.717, 1.165) is 92.7 Å². The third kappa shape index (κ3) is 15.1. The lowest BCUT2D eigenvalue weighted by atomic mass is 10.1. The first-order valence-electron chi connectivity index (χ1n) is 22.5. The van der Waals surface area contributed by atoms with Crippen molar-refractivity contribution in [1.29, 1.82) is 5.26 Å². The van der Waals surface area contributed by atoms with Gasteiger partial charge in [0.25, 0.3) is 11.8 Å². The predicted molar refractivity (Wildman–Crippen MR) is 258 cm³/mol. The van der Waals surface area contributed by atoms with E-state index in [0.29, 0.717) is 17.7 Å². The topological polar surface area (TPSA) is 266 Å². The van der Waals surface area contributed by atoms with Crippen LogP contribution < -0.4 is 14.8 Å². The predicted octanol–water partition coefficient (Wildman–Crippen LogP) is 7.66. The summed E-state index contributed by atoms with van der Waals surface area (Å²) >= 11 is 1.46. The molecule has 3 amide bonds. The molecule has 5 aromatic rings. The molecule has 0 radical (unpaired) electrons. The molecule has 0 bridgehead atoms. The number of aryl methyl sites for hydroxylation is 2. The summed E-state index contributed by atoms with van der Waals surface area (Å²) in [7, 11) is 0. The number of nitrogens with one attached hydrogen (secondary N) is 1. The summed E-state index contributed by atoms with van der Waals surface area (Å²) in [5.41, 5.74) is 4.29. The number of benzene rings is 3. The van der Waals surface area contributed by atoms with E-state index < -0.39 is 74.4 Å². The van der Waals surface area contributed by atoms with Crippen LogP contribution in [0.5, 0.6) is 11.5 Å². The van der Waals surface area contributed by atoms with E-state index in [2.05, 4.69) is 47.1 Å². The van der Waals surface area contributed by atoms with E-state index >= 15 is 0 Å². The number of thiophene rings is 1. The number of carboxylic acids is 4. The minimum atomic E-state index is -1.41. The van der Waals surface area contributed by atoms with Crippen molar-refractivity contribution in [2.45, 2.75) is 78.2 Å². The highest BCUT2D eigenvalue weighted by molar-refractivity contribution is 7.16. The highest BCUT2D eigenvalue weighted by Crippen LogP contribution is 2.37. The Hall–Kier alpha value is -7.72. The van der Waals surface area contributed by atoms with E-state index in [4.69, 9.17) is 19.7 Å². The van der Waals surface area contributed by atoms with Crippen molar-refractivity contribution in [1.82, 2.24) is 14.4 Å². The first-order valence-corrected chi connectivity index (χ1v) is 23.3. The van der Waals surface area contributed by atoms with Crippen LogP contribution in [-0.4, -0.2) is 116 Å². The van der Waals surface area contributed by atoms with Crippen molar-refractivity contribution in [3.8, 4) is 28.0 Å². The third-order valence-corrected chi connectivity index (χ3v) is 12.3. The maximum absolute atomic E-state index is 13.6. The summed E-state index contributed by atoms with van der Waals surface area (Å²) in [6, 6.07) is 23.0. The molecule has 3 aromatic carbocycles. The highest BCUT2D eigenvalue weighted by Gasteiger charge is 2.22. The molecule has 69 heavy (non-hydrogen) atoms. The number of aliphatic carboxylic acids is 4. The molecule has 0 unspecified atom stereocenters. The van der Waals surface area contributed by atoms with Gasteiger partial charge in [-0.1, -0.05) is 62.8 Å². The summed E-state index contributed by atoms with van der Waals surface area (Å²) in [4.78, 5) is 86.5. The molecule has 0 aliphatic heterocycles. The van der Waals surface area contributed by atoms with Crippen LogP contribution >= 0.6 is 11.3 Å². The van der Waals surface area contributed by atoms with Crippen molar-refractivity contribution in [2.24, 2.45) is 0 Å². The average molecular weight is 966 g/mol. The SMILES string of the molecule is CCn1c2ccccc2c2cc(-c3cc(C)c(/C=C(\C#N)C(=O)Nc4ccc(OCC(=O)N(CC(=O)O)CC(=O)O)c(OCCCCCCCCCCC(=O)N(CC(=O)O)CC(=O)O)c4)s3)ccc21. The number of nitrogens with zero attached hydrogens (tertiary/aromatic N) is 4. The van der Waals surface area contributed by atoms with Gasteiger partial charge < -0.3 is 49.6 Å². The monoisotopic (exact) mass is 965 g/mol. The Kier molecular flexibility index (Phi) is 19.3. The molecular formula is C50H55N5O13S. The zero-order valence-corrected chi connectivity index (χ0v) is 39.2. The number of para-hydroxylation sites is 1. The van der Waals surface area contributed by atoms with Gasteiger partial charge in [-0.25, -0.2) is 0 Å². The quantitative estimate of drug-likeness (QED) is 0.0183. The standard InChI is InChI=1S/C50H55N5O13S/c1-3-55-38-15-12-11-14-36(38)37-23-33(17-19-39(37)55)43-22-32(2)42(69-43)24-34(26-51)50(66)52-35-18-20-40(68-31-45(57)54(29-48(62)63)30-49(64)65)41(25-35)67-21-13-9-7-5-4-6-8-10-16-44(56)53(27-46(58)59)28-47(60)61/h11-12,14-15,17-20,22-25H,3-10,13,16,21,27-31H2,1-2H3,(H,52,66)(H,58,59)(H,60,61)(H,62,63)(H,64,65)/b34-24+. The van der Waals surface area contributed by atoms with Gasteiger partial charge in [0.1, 0.15) is 37.8 Å². The first-order chi connectivity index (χ1) is 33.1. The Morgan fingerprint density at radius 3 is 1.91 bits per heavy atom. The Morgan fingerprint density at radius 2 is 1.29 bits per heavy atom. The molecule has 0 spiro atoms. The van der Waals surface area contributed by atoms with Crippen LogP contribution in [0, 0.1) is 18.3 Å². The van der Waals surface area contributed by atoms with Crippen molar-refractivity contribution in [3.63, 3.8) is 0 Å². The molecular weight excluding hydrogens is 911 g/mol. The van der Waals surface area contributed by atoms with Gasteiger partial charge in [0.05, 0.1) is 6.61 Å². The lowest BCUT2D eigenvalue weighted by Gasteiger charge is -2.19. The fraction of sp³-hybridized carbons (Fsp3) is 0.360. The number of rotatable bonds is 28. The van der Waals surface area contributed by atoms with Crippen LogP contribution in [0.15, 0.2) is 72.3 Å². The summed E-state index contributed by atoms with van der Waals surface area (Å²) in [6.07, 6.45) is 7.67. The number of aromatic nitrogens is 1. The van der Waals surface area contributed by atoms with Gasteiger partial charge in [0, 0.05) is 56.3 Å². The second-order valence-corrected chi connectivity index (χ2v) is 17.3. The van der Waals surface area contributed by atoms with Gasteiger partial charge in [-0.3, -0.25) is 33.6 Å². The van der Waals surface area contributed by atoms with Gasteiger partial charge in [-0.15, -0.1) is 11.3 Å². The maximum atomic E-state index is 13.6. The van der Waals surface area contributed by atoms with E-state index in [1.807, 2.05) is 31.2 Å². The second kappa shape index (κ2) is 25.4. The Labute approximate surface area is 401 Å². The van der Waals surface area contributed by atoms with E-state index in [1.165, 1.54) is 29.5 Å². The molecule has 0 aliphatic rings. The first kappa shape index (κ1) is 52.3. The van der Waals surface area contributed by atoms with Crippen molar-refractivity contribution < 1.29 is 63.5 Å². The normalized spacial score (nSPS) is 11.2.